The minimum Gasteiger partial charge on any atom is -0.366 e. The van der Waals surface area contributed by atoms with Gasteiger partial charge in [0.2, 0.25) is 5.82 Å². The number of aromatic nitrogens is 2. The minimum atomic E-state index is -4.48. The van der Waals surface area contributed by atoms with Crippen molar-refractivity contribution in [2.24, 2.45) is 4.99 Å². The Morgan fingerprint density at radius 3 is 2.68 bits per heavy atom. The standard InChI is InChI=1S/C13H9F3N4O2/c14-13(15,16)8-4-2-1-3-7(8)9-5-10(18-6-17-9)11-19-12(21)22-20-11/h1-5,17H,6H2,(H,19,20,21). The Labute approximate surface area is 121 Å². The summed E-state index contributed by atoms with van der Waals surface area (Å²) >= 11 is 0. The second kappa shape index (κ2) is 5.17. The van der Waals surface area contributed by atoms with Gasteiger partial charge in [-0.15, -0.1) is 0 Å². The Kier molecular flexibility index (Phi) is 3.32. The van der Waals surface area contributed by atoms with Crippen LogP contribution in [-0.2, 0) is 6.18 Å². The topological polar surface area (TPSA) is 83.3 Å². The van der Waals surface area contributed by atoms with Crippen LogP contribution in [0.15, 0.2) is 44.7 Å². The van der Waals surface area contributed by atoms with E-state index in [9.17, 15) is 18.0 Å². The van der Waals surface area contributed by atoms with E-state index in [0.717, 1.165) is 6.07 Å². The van der Waals surface area contributed by atoms with E-state index in [2.05, 4.69) is 25.0 Å². The van der Waals surface area contributed by atoms with E-state index in [1.54, 1.807) is 0 Å². The summed E-state index contributed by atoms with van der Waals surface area (Å²) in [6.45, 7) is 0.0578. The Hall–Kier alpha value is -2.84. The molecule has 22 heavy (non-hydrogen) atoms. The van der Waals surface area contributed by atoms with Crippen molar-refractivity contribution in [2.45, 2.75) is 6.18 Å². The van der Waals surface area contributed by atoms with Crippen LogP contribution in [0.2, 0.25) is 0 Å². The van der Waals surface area contributed by atoms with Gasteiger partial charge in [0.05, 0.1) is 5.56 Å². The van der Waals surface area contributed by atoms with Crippen LogP contribution in [-0.4, -0.2) is 22.5 Å². The van der Waals surface area contributed by atoms with Gasteiger partial charge >= 0.3 is 11.9 Å². The van der Waals surface area contributed by atoms with E-state index < -0.39 is 17.5 Å². The first-order chi connectivity index (χ1) is 10.4. The highest BCUT2D eigenvalue weighted by atomic mass is 19.4. The molecular formula is C13H9F3N4O2. The summed E-state index contributed by atoms with van der Waals surface area (Å²) in [5.74, 6) is -0.699. The fraction of sp³-hybridized carbons (Fsp3) is 0.154. The highest BCUT2D eigenvalue weighted by Crippen LogP contribution is 2.34. The van der Waals surface area contributed by atoms with Gasteiger partial charge in [-0.1, -0.05) is 23.4 Å². The van der Waals surface area contributed by atoms with Crippen molar-refractivity contribution in [1.82, 2.24) is 15.5 Å². The van der Waals surface area contributed by atoms with Crippen molar-refractivity contribution in [1.29, 1.82) is 0 Å². The molecule has 1 aliphatic rings. The summed E-state index contributed by atoms with van der Waals surface area (Å²) in [6, 6.07) is 5.19. The van der Waals surface area contributed by atoms with E-state index >= 15 is 0 Å². The van der Waals surface area contributed by atoms with E-state index in [1.165, 1.54) is 24.3 Å². The zero-order valence-corrected chi connectivity index (χ0v) is 10.9. The molecule has 114 valence electrons. The number of hydrogen-bond donors (Lipinski definition) is 2. The van der Waals surface area contributed by atoms with Gasteiger partial charge in [-0.2, -0.15) is 13.2 Å². The Bertz CT molecular complexity index is 817. The Balaban J connectivity index is 2.04. The van der Waals surface area contributed by atoms with Gasteiger partial charge in [0.15, 0.2) is 0 Å². The highest BCUT2D eigenvalue weighted by Gasteiger charge is 2.34. The molecule has 0 radical (unpaired) electrons. The van der Waals surface area contributed by atoms with Crippen LogP contribution in [0, 0.1) is 0 Å². The maximum Gasteiger partial charge on any atom is 0.439 e. The number of aliphatic imine (C=N–C) groups is 1. The molecule has 0 bridgehead atoms. The number of benzene rings is 1. The lowest BCUT2D eigenvalue weighted by molar-refractivity contribution is -0.137. The normalized spacial score (nSPS) is 15.0. The smallest absolute Gasteiger partial charge is 0.366 e. The molecule has 1 aromatic heterocycles. The molecule has 2 N–H and O–H groups in total. The summed E-state index contributed by atoms with van der Waals surface area (Å²) in [5, 5.41) is 6.25. The molecule has 0 aliphatic carbocycles. The third kappa shape index (κ3) is 2.65. The van der Waals surface area contributed by atoms with Crippen LogP contribution in [0.1, 0.15) is 17.0 Å². The Morgan fingerprint density at radius 1 is 1.23 bits per heavy atom. The molecule has 6 nitrogen and oxygen atoms in total. The third-order valence-electron chi connectivity index (χ3n) is 3.01. The first-order valence-corrected chi connectivity index (χ1v) is 6.18. The van der Waals surface area contributed by atoms with Gasteiger partial charge in [-0.05, 0) is 12.1 Å². The van der Waals surface area contributed by atoms with E-state index in [4.69, 9.17) is 0 Å². The number of halogens is 3. The molecular weight excluding hydrogens is 301 g/mol. The maximum atomic E-state index is 13.1. The highest BCUT2D eigenvalue weighted by molar-refractivity contribution is 6.10. The fourth-order valence-corrected chi connectivity index (χ4v) is 2.06. The molecule has 0 spiro atoms. The van der Waals surface area contributed by atoms with E-state index in [0.29, 0.717) is 0 Å². The SMILES string of the molecule is O=c1[nH]c(C2=NCNC(c3ccccc3C(F)(F)F)=C2)no1. The number of H-pyrrole nitrogens is 1. The van der Waals surface area contributed by atoms with Gasteiger partial charge in [-0.3, -0.25) is 14.5 Å². The molecule has 9 heteroatoms. The zero-order chi connectivity index (χ0) is 15.7. The fourth-order valence-electron chi connectivity index (χ4n) is 2.06. The number of nitrogens with one attached hydrogen (secondary N) is 2. The average Bonchev–Trinajstić information content (AvgIpc) is 2.93. The van der Waals surface area contributed by atoms with Crippen LogP contribution in [0.3, 0.4) is 0 Å². The van der Waals surface area contributed by atoms with Crippen molar-refractivity contribution in [3.63, 3.8) is 0 Å². The van der Waals surface area contributed by atoms with Crippen LogP contribution < -0.4 is 11.1 Å². The molecule has 0 amide bonds. The molecule has 3 rings (SSSR count). The lowest BCUT2D eigenvalue weighted by Crippen LogP contribution is -2.23. The molecule has 0 atom stereocenters. The van der Waals surface area contributed by atoms with E-state index in [-0.39, 0.29) is 29.5 Å². The van der Waals surface area contributed by atoms with Crippen LogP contribution in [0.5, 0.6) is 0 Å². The molecule has 0 saturated carbocycles. The van der Waals surface area contributed by atoms with Crippen LogP contribution in [0.25, 0.3) is 5.70 Å². The number of hydrogen-bond acceptors (Lipinski definition) is 5. The van der Waals surface area contributed by atoms with Gasteiger partial charge in [0, 0.05) is 11.3 Å². The maximum absolute atomic E-state index is 13.1. The van der Waals surface area contributed by atoms with Crippen molar-refractivity contribution >= 4 is 11.4 Å². The predicted molar refractivity (Wildman–Crippen MR) is 71.1 cm³/mol. The van der Waals surface area contributed by atoms with E-state index in [1.807, 2.05) is 0 Å². The molecule has 2 heterocycles. The lowest BCUT2D eigenvalue weighted by atomic mass is 10.0. The minimum absolute atomic E-state index is 0.00626. The van der Waals surface area contributed by atoms with Gasteiger partial charge in [0.25, 0.3) is 0 Å². The Morgan fingerprint density at radius 2 is 2.00 bits per heavy atom. The van der Waals surface area contributed by atoms with Crippen LogP contribution >= 0.6 is 0 Å². The average molecular weight is 310 g/mol. The number of alkyl halides is 3. The summed E-state index contributed by atoms with van der Waals surface area (Å²) in [4.78, 5) is 17.3. The van der Waals surface area contributed by atoms with Gasteiger partial charge < -0.3 is 5.32 Å². The zero-order valence-electron chi connectivity index (χ0n) is 10.9. The summed E-state index contributed by atoms with van der Waals surface area (Å²) in [7, 11) is 0. The first kappa shape index (κ1) is 14.1. The quantitative estimate of drug-likeness (QED) is 0.885. The molecule has 1 aromatic carbocycles. The van der Waals surface area contributed by atoms with Gasteiger partial charge in [-0.25, -0.2) is 4.79 Å². The molecule has 0 saturated heterocycles. The van der Waals surface area contributed by atoms with Crippen LogP contribution in [0.4, 0.5) is 13.2 Å². The van der Waals surface area contributed by atoms with Crippen molar-refractivity contribution in [3.8, 4) is 0 Å². The second-order valence-corrected chi connectivity index (χ2v) is 4.42. The number of allylic oxidation sites excluding steroid dienone is 1. The summed E-state index contributed by atoms with van der Waals surface area (Å²) in [5.41, 5.74) is -0.296. The monoisotopic (exact) mass is 310 g/mol. The third-order valence-corrected chi connectivity index (χ3v) is 3.01. The first-order valence-electron chi connectivity index (χ1n) is 6.18. The van der Waals surface area contributed by atoms with Crippen molar-refractivity contribution in [3.05, 3.63) is 57.8 Å². The number of aromatic amines is 1. The van der Waals surface area contributed by atoms with Crippen molar-refractivity contribution < 1.29 is 17.7 Å². The second-order valence-electron chi connectivity index (χ2n) is 4.42. The molecule has 2 aromatic rings. The summed E-state index contributed by atoms with van der Waals surface area (Å²) in [6.07, 6.45) is -3.10. The lowest BCUT2D eigenvalue weighted by Gasteiger charge is -2.18. The van der Waals surface area contributed by atoms with Crippen molar-refractivity contribution in [2.75, 3.05) is 6.67 Å². The largest absolute Gasteiger partial charge is 0.439 e. The summed E-state index contributed by atoms with van der Waals surface area (Å²) < 4.78 is 43.6. The number of nitrogens with zero attached hydrogens (tertiary/aromatic N) is 2. The molecule has 0 fully saturated rings. The van der Waals surface area contributed by atoms with Gasteiger partial charge in [0.1, 0.15) is 12.4 Å². The molecule has 0 unspecified atom stereocenters. The number of rotatable bonds is 2. The predicted octanol–water partition coefficient (Wildman–Crippen LogP) is 1.77. The molecule has 1 aliphatic heterocycles.